The van der Waals surface area contributed by atoms with Crippen LogP contribution < -0.4 is 5.32 Å². The van der Waals surface area contributed by atoms with Gasteiger partial charge in [-0.15, -0.1) is 0 Å². The van der Waals surface area contributed by atoms with Crippen LogP contribution in [0.25, 0.3) is 0 Å². The first-order valence-electron chi connectivity index (χ1n) is 4.89. The molecule has 96 valence electrons. The summed E-state index contributed by atoms with van der Waals surface area (Å²) in [6.45, 7) is 0. The van der Waals surface area contributed by atoms with E-state index in [1.807, 2.05) is 0 Å². The van der Waals surface area contributed by atoms with E-state index in [-0.39, 0.29) is 17.9 Å². The topological polar surface area (TPSA) is 110 Å². The summed E-state index contributed by atoms with van der Waals surface area (Å²) in [7, 11) is 0. The first-order valence-corrected chi connectivity index (χ1v) is 5.87. The molecule has 0 fully saturated rings. The highest BCUT2D eigenvalue weighted by Crippen LogP contribution is 2.18. The first kappa shape index (κ1) is 14.0. The molecule has 0 radical (unpaired) electrons. The number of benzene rings is 1. The van der Waals surface area contributed by atoms with Gasteiger partial charge in [-0.2, -0.15) is 0 Å². The Balaban J connectivity index is 2.51. The number of nitro groups is 1. The fourth-order valence-corrected chi connectivity index (χ4v) is 1.73. The fourth-order valence-electron chi connectivity index (χ4n) is 1.08. The maximum absolute atomic E-state index is 11.4. The summed E-state index contributed by atoms with van der Waals surface area (Å²) >= 11 is 0.813. The number of thioether (sulfide) groups is 1. The fraction of sp³-hybridized carbons (Fsp3) is 0.200. The monoisotopic (exact) mass is 270 g/mol. The summed E-state index contributed by atoms with van der Waals surface area (Å²) in [5.74, 6) is -0.832. The first-order chi connectivity index (χ1) is 8.49. The molecule has 1 aromatic rings. The van der Waals surface area contributed by atoms with Crippen LogP contribution in [0.4, 0.5) is 16.2 Å². The van der Waals surface area contributed by atoms with Gasteiger partial charge in [0.05, 0.1) is 11.3 Å². The standard InChI is InChI=1S/C10H10N2O5S/c13-9(14)4-5-18-10(15)11-7-2-1-3-8(6-7)12(16)17/h1-3,6H,4-5H2,(H,11,15)(H,13,14). The normalized spacial score (nSPS) is 9.78. The quantitative estimate of drug-likeness (QED) is 0.627. The molecule has 0 heterocycles. The molecule has 8 heteroatoms. The van der Waals surface area contributed by atoms with Crippen LogP contribution in [0.2, 0.25) is 0 Å². The van der Waals surface area contributed by atoms with Crippen molar-refractivity contribution in [1.82, 2.24) is 0 Å². The maximum atomic E-state index is 11.4. The predicted octanol–water partition coefficient (Wildman–Crippen LogP) is 2.33. The van der Waals surface area contributed by atoms with Crippen LogP contribution in [0.5, 0.6) is 0 Å². The molecule has 0 aromatic heterocycles. The zero-order valence-corrected chi connectivity index (χ0v) is 9.98. The molecule has 0 aliphatic carbocycles. The van der Waals surface area contributed by atoms with Gasteiger partial charge in [0.25, 0.3) is 10.9 Å². The second-order valence-corrected chi connectivity index (χ2v) is 4.28. The number of anilines is 1. The third-order valence-electron chi connectivity index (χ3n) is 1.85. The Morgan fingerprint density at radius 2 is 2.17 bits per heavy atom. The number of carboxylic acids is 1. The molecule has 1 aromatic carbocycles. The van der Waals surface area contributed by atoms with Gasteiger partial charge in [0.15, 0.2) is 0 Å². The number of hydrogen-bond donors (Lipinski definition) is 2. The van der Waals surface area contributed by atoms with Gasteiger partial charge in [0, 0.05) is 23.6 Å². The van der Waals surface area contributed by atoms with E-state index in [4.69, 9.17) is 5.11 Å². The summed E-state index contributed by atoms with van der Waals surface area (Å²) in [5, 5.41) is 20.9. The van der Waals surface area contributed by atoms with E-state index in [0.29, 0.717) is 5.69 Å². The van der Waals surface area contributed by atoms with Crippen molar-refractivity contribution in [2.75, 3.05) is 11.1 Å². The smallest absolute Gasteiger partial charge is 0.304 e. The van der Waals surface area contributed by atoms with Crippen LogP contribution in [0.15, 0.2) is 24.3 Å². The second kappa shape index (κ2) is 6.60. The van der Waals surface area contributed by atoms with E-state index < -0.39 is 16.1 Å². The summed E-state index contributed by atoms with van der Waals surface area (Å²) < 4.78 is 0. The number of nitrogens with one attached hydrogen (secondary N) is 1. The van der Waals surface area contributed by atoms with Crippen LogP contribution >= 0.6 is 11.8 Å². The minimum absolute atomic E-state index is 0.118. The molecule has 0 unspecified atom stereocenters. The van der Waals surface area contributed by atoms with E-state index >= 15 is 0 Å². The van der Waals surface area contributed by atoms with Crippen LogP contribution in [-0.2, 0) is 4.79 Å². The minimum Gasteiger partial charge on any atom is -0.481 e. The number of carbonyl (C=O) groups is 2. The zero-order chi connectivity index (χ0) is 13.5. The Bertz CT molecular complexity index is 477. The van der Waals surface area contributed by atoms with Gasteiger partial charge in [-0.1, -0.05) is 17.8 Å². The molecule has 0 saturated heterocycles. The van der Waals surface area contributed by atoms with Crippen molar-refractivity contribution in [2.45, 2.75) is 6.42 Å². The molecule has 1 rings (SSSR count). The number of carbonyl (C=O) groups excluding carboxylic acids is 1. The number of nitro benzene ring substituents is 1. The molecule has 18 heavy (non-hydrogen) atoms. The second-order valence-electron chi connectivity index (χ2n) is 3.21. The van der Waals surface area contributed by atoms with Gasteiger partial charge < -0.3 is 10.4 Å². The van der Waals surface area contributed by atoms with Crippen molar-refractivity contribution >= 4 is 34.3 Å². The summed E-state index contributed by atoms with van der Waals surface area (Å²) in [4.78, 5) is 31.5. The van der Waals surface area contributed by atoms with Crippen molar-refractivity contribution in [1.29, 1.82) is 0 Å². The van der Waals surface area contributed by atoms with Crippen molar-refractivity contribution in [3.05, 3.63) is 34.4 Å². The number of aliphatic carboxylic acids is 1. The summed E-state index contributed by atoms with van der Waals surface area (Å²) in [5.41, 5.74) is 0.181. The van der Waals surface area contributed by atoms with Crippen LogP contribution in [0.1, 0.15) is 6.42 Å². The number of rotatable bonds is 5. The third-order valence-corrected chi connectivity index (χ3v) is 2.62. The van der Waals surface area contributed by atoms with Crippen molar-refractivity contribution < 1.29 is 19.6 Å². The third kappa shape index (κ3) is 4.83. The summed E-state index contributed by atoms with van der Waals surface area (Å²) in [6.07, 6.45) is -0.118. The van der Waals surface area contributed by atoms with Crippen molar-refractivity contribution in [3.8, 4) is 0 Å². The van der Waals surface area contributed by atoms with Gasteiger partial charge >= 0.3 is 5.97 Å². The molecule has 7 nitrogen and oxygen atoms in total. The number of carboxylic acid groups (broad SMARTS) is 1. The maximum Gasteiger partial charge on any atom is 0.304 e. The largest absolute Gasteiger partial charge is 0.481 e. The van der Waals surface area contributed by atoms with Crippen molar-refractivity contribution in [3.63, 3.8) is 0 Å². The van der Waals surface area contributed by atoms with Gasteiger partial charge in [-0.25, -0.2) is 0 Å². The number of nitrogens with zero attached hydrogens (tertiary/aromatic N) is 1. The lowest BCUT2D eigenvalue weighted by Crippen LogP contribution is -2.07. The van der Waals surface area contributed by atoms with E-state index in [1.54, 1.807) is 0 Å². The van der Waals surface area contributed by atoms with E-state index in [2.05, 4.69) is 5.32 Å². The Morgan fingerprint density at radius 3 is 2.78 bits per heavy atom. The molecule has 0 saturated carbocycles. The predicted molar refractivity (Wildman–Crippen MR) is 66.8 cm³/mol. The van der Waals surface area contributed by atoms with Crippen molar-refractivity contribution in [2.24, 2.45) is 0 Å². The lowest BCUT2D eigenvalue weighted by molar-refractivity contribution is -0.384. The van der Waals surface area contributed by atoms with E-state index in [1.165, 1.54) is 24.3 Å². The molecule has 0 spiro atoms. The Labute approximate surface area is 106 Å². The van der Waals surface area contributed by atoms with Crippen LogP contribution in [-0.4, -0.2) is 27.0 Å². The van der Waals surface area contributed by atoms with Crippen LogP contribution in [0, 0.1) is 10.1 Å². The lowest BCUT2D eigenvalue weighted by atomic mass is 10.3. The van der Waals surface area contributed by atoms with Crippen LogP contribution in [0.3, 0.4) is 0 Å². The zero-order valence-electron chi connectivity index (χ0n) is 9.16. The van der Waals surface area contributed by atoms with Gasteiger partial charge in [0.1, 0.15) is 0 Å². The minimum atomic E-state index is -0.981. The van der Waals surface area contributed by atoms with E-state index in [9.17, 15) is 19.7 Å². The van der Waals surface area contributed by atoms with Gasteiger partial charge in [-0.3, -0.25) is 19.7 Å². The Hall–Kier alpha value is -2.09. The number of amides is 1. The lowest BCUT2D eigenvalue weighted by Gasteiger charge is -2.03. The SMILES string of the molecule is O=C(O)CCSC(=O)Nc1cccc([N+](=O)[O-])c1. The van der Waals surface area contributed by atoms with Gasteiger partial charge in [0.2, 0.25) is 0 Å². The number of hydrogen-bond acceptors (Lipinski definition) is 5. The highest BCUT2D eigenvalue weighted by molar-refractivity contribution is 8.13. The molecule has 0 bridgehead atoms. The molecule has 0 aliphatic rings. The average molecular weight is 270 g/mol. The molecule has 0 aliphatic heterocycles. The van der Waals surface area contributed by atoms with E-state index in [0.717, 1.165) is 11.8 Å². The highest BCUT2D eigenvalue weighted by atomic mass is 32.2. The molecular formula is C10H10N2O5S. The molecule has 2 N–H and O–H groups in total. The Morgan fingerprint density at radius 1 is 1.44 bits per heavy atom. The summed E-state index contributed by atoms with van der Waals surface area (Å²) in [6, 6.07) is 5.52. The molecule has 0 atom stereocenters. The Kier molecular flexibility index (Phi) is 5.12. The van der Waals surface area contributed by atoms with Gasteiger partial charge in [-0.05, 0) is 6.07 Å². The molecule has 1 amide bonds. The number of non-ortho nitro benzene ring substituents is 1. The average Bonchev–Trinajstić information content (AvgIpc) is 2.28. The molecular weight excluding hydrogens is 260 g/mol. The highest BCUT2D eigenvalue weighted by Gasteiger charge is 2.09.